The number of hydrazine groups is 1. The summed E-state index contributed by atoms with van der Waals surface area (Å²) in [6.07, 6.45) is 0. The molecule has 0 aliphatic carbocycles. The molecule has 2 aromatic carbocycles. The third-order valence-corrected chi connectivity index (χ3v) is 4.81. The van der Waals surface area contributed by atoms with Crippen molar-refractivity contribution < 1.29 is 9.59 Å². The van der Waals surface area contributed by atoms with Crippen LogP contribution in [0.5, 0.6) is 0 Å². The molecule has 0 saturated carbocycles. The zero-order chi connectivity index (χ0) is 20.2. The van der Waals surface area contributed by atoms with Crippen LogP contribution in [0, 0.1) is 6.92 Å². The Morgan fingerprint density at radius 3 is 2.26 bits per heavy atom. The summed E-state index contributed by atoms with van der Waals surface area (Å²) >= 11 is 8.59. The molecule has 142 valence electrons. The maximum Gasteiger partial charge on any atom is 0.269 e. The molecule has 2 amide bonds. The minimum Gasteiger partial charge on any atom is -0.298 e. The number of rotatable bonds is 2. The van der Waals surface area contributed by atoms with Crippen LogP contribution in [0.2, 0.25) is 0 Å². The minimum absolute atomic E-state index is 0.0120. The highest BCUT2D eigenvalue weighted by atomic mass is 79.9. The van der Waals surface area contributed by atoms with Crippen molar-refractivity contribution >= 4 is 45.1 Å². The molecule has 0 aromatic heterocycles. The lowest BCUT2D eigenvalue weighted by atomic mass is 9.86. The van der Waals surface area contributed by atoms with E-state index in [0.717, 1.165) is 15.6 Å². The summed E-state index contributed by atoms with van der Waals surface area (Å²) < 4.78 is 0.856. The number of benzene rings is 2. The summed E-state index contributed by atoms with van der Waals surface area (Å²) in [5.41, 5.74) is 7.93. The van der Waals surface area contributed by atoms with E-state index >= 15 is 0 Å². The standard InChI is InChI=1S/C20H22BrN3O2S/c1-12-7-5-6-8-14(12)18(26)23-24-19(27)22-17(25)13-9-10-15(16(21)11-13)20(2,3)4/h5-11H,1-4H3,(H,23,26)(H2,22,24,25,27). The summed E-state index contributed by atoms with van der Waals surface area (Å²) in [5.74, 6) is -0.694. The van der Waals surface area contributed by atoms with Crippen molar-refractivity contribution in [2.45, 2.75) is 33.1 Å². The van der Waals surface area contributed by atoms with Crippen molar-refractivity contribution in [3.63, 3.8) is 0 Å². The molecule has 2 rings (SSSR count). The predicted octanol–water partition coefficient (Wildman–Crippen LogP) is 4.00. The third-order valence-electron chi connectivity index (χ3n) is 3.95. The van der Waals surface area contributed by atoms with Gasteiger partial charge in [-0.3, -0.25) is 25.8 Å². The Hall–Kier alpha value is -2.25. The lowest BCUT2D eigenvalue weighted by Crippen LogP contribution is -2.48. The Bertz CT molecular complexity index is 891. The number of hydrogen-bond acceptors (Lipinski definition) is 3. The van der Waals surface area contributed by atoms with Gasteiger partial charge in [0.15, 0.2) is 5.11 Å². The van der Waals surface area contributed by atoms with Crippen LogP contribution in [0.25, 0.3) is 0 Å². The van der Waals surface area contributed by atoms with Crippen LogP contribution >= 0.6 is 28.1 Å². The van der Waals surface area contributed by atoms with Crippen LogP contribution in [-0.4, -0.2) is 16.9 Å². The molecule has 0 bridgehead atoms. The highest BCUT2D eigenvalue weighted by Crippen LogP contribution is 2.30. The molecule has 2 aromatic rings. The van der Waals surface area contributed by atoms with Crippen LogP contribution in [0.3, 0.4) is 0 Å². The first-order valence-corrected chi connectivity index (χ1v) is 9.57. The first-order chi connectivity index (χ1) is 12.6. The van der Waals surface area contributed by atoms with E-state index in [1.807, 2.05) is 25.1 Å². The van der Waals surface area contributed by atoms with Gasteiger partial charge >= 0.3 is 0 Å². The van der Waals surface area contributed by atoms with Gasteiger partial charge in [-0.15, -0.1) is 0 Å². The predicted molar refractivity (Wildman–Crippen MR) is 115 cm³/mol. The molecule has 7 heteroatoms. The molecular formula is C20H22BrN3O2S. The highest BCUT2D eigenvalue weighted by Gasteiger charge is 2.18. The fraction of sp³-hybridized carbons (Fsp3) is 0.250. The topological polar surface area (TPSA) is 70.2 Å². The van der Waals surface area contributed by atoms with Gasteiger partial charge in [-0.1, -0.05) is 61.0 Å². The second-order valence-corrected chi connectivity index (χ2v) is 8.38. The second kappa shape index (κ2) is 8.63. The lowest BCUT2D eigenvalue weighted by molar-refractivity contribution is 0.0934. The Morgan fingerprint density at radius 2 is 1.67 bits per heavy atom. The normalized spacial score (nSPS) is 10.9. The third kappa shape index (κ3) is 5.61. The number of thiocarbonyl (C=S) groups is 1. The molecule has 0 unspecified atom stereocenters. The fourth-order valence-electron chi connectivity index (χ4n) is 2.48. The Balaban J connectivity index is 1.96. The molecule has 0 aliphatic heterocycles. The van der Waals surface area contributed by atoms with Gasteiger partial charge in [-0.2, -0.15) is 0 Å². The van der Waals surface area contributed by atoms with Crippen molar-refractivity contribution in [3.05, 3.63) is 69.2 Å². The number of halogens is 1. The van der Waals surface area contributed by atoms with Gasteiger partial charge in [0, 0.05) is 15.6 Å². The molecule has 0 radical (unpaired) electrons. The number of amides is 2. The van der Waals surface area contributed by atoms with Crippen molar-refractivity contribution in [1.82, 2.24) is 16.2 Å². The van der Waals surface area contributed by atoms with E-state index in [1.54, 1.807) is 24.3 Å². The molecule has 0 heterocycles. The second-order valence-electron chi connectivity index (χ2n) is 7.12. The van der Waals surface area contributed by atoms with E-state index in [1.165, 1.54) is 0 Å². The van der Waals surface area contributed by atoms with Crippen LogP contribution in [0.1, 0.15) is 52.6 Å². The van der Waals surface area contributed by atoms with Crippen molar-refractivity contribution in [2.75, 3.05) is 0 Å². The zero-order valence-corrected chi connectivity index (χ0v) is 18.0. The van der Waals surface area contributed by atoms with Crippen LogP contribution in [0.15, 0.2) is 46.9 Å². The van der Waals surface area contributed by atoms with Crippen molar-refractivity contribution in [2.24, 2.45) is 0 Å². The minimum atomic E-state index is -0.362. The number of nitrogens with one attached hydrogen (secondary N) is 3. The zero-order valence-electron chi connectivity index (χ0n) is 15.6. The number of carbonyl (C=O) groups is 2. The molecular weight excluding hydrogens is 426 g/mol. The molecule has 27 heavy (non-hydrogen) atoms. The summed E-state index contributed by atoms with van der Waals surface area (Å²) in [6, 6.07) is 12.6. The first kappa shape index (κ1) is 21.1. The molecule has 0 atom stereocenters. The lowest BCUT2D eigenvalue weighted by Gasteiger charge is -2.21. The van der Waals surface area contributed by atoms with E-state index in [2.05, 4.69) is 52.9 Å². The molecule has 0 fully saturated rings. The summed E-state index contributed by atoms with van der Waals surface area (Å²) in [5, 5.41) is 2.56. The van der Waals surface area contributed by atoms with E-state index in [4.69, 9.17) is 12.2 Å². The fourth-order valence-corrected chi connectivity index (χ4v) is 3.60. The van der Waals surface area contributed by atoms with Gasteiger partial charge in [0.05, 0.1) is 0 Å². The van der Waals surface area contributed by atoms with E-state index < -0.39 is 0 Å². The first-order valence-electron chi connectivity index (χ1n) is 8.37. The van der Waals surface area contributed by atoms with Gasteiger partial charge in [0.1, 0.15) is 0 Å². The van der Waals surface area contributed by atoms with Gasteiger partial charge in [-0.25, -0.2) is 0 Å². The highest BCUT2D eigenvalue weighted by molar-refractivity contribution is 9.10. The molecule has 0 aliphatic rings. The summed E-state index contributed by atoms with van der Waals surface area (Å²) in [6.45, 7) is 8.14. The summed E-state index contributed by atoms with van der Waals surface area (Å²) in [4.78, 5) is 24.5. The van der Waals surface area contributed by atoms with Crippen LogP contribution in [-0.2, 0) is 5.41 Å². The average Bonchev–Trinajstić information content (AvgIpc) is 2.58. The average molecular weight is 448 g/mol. The molecule has 0 spiro atoms. The monoisotopic (exact) mass is 447 g/mol. The number of aryl methyl sites for hydroxylation is 1. The van der Waals surface area contributed by atoms with Crippen molar-refractivity contribution in [3.8, 4) is 0 Å². The Labute approximate surface area is 173 Å². The maximum atomic E-state index is 12.4. The van der Waals surface area contributed by atoms with Gasteiger partial charge in [0.25, 0.3) is 11.8 Å². The van der Waals surface area contributed by atoms with E-state index in [-0.39, 0.29) is 22.3 Å². The van der Waals surface area contributed by atoms with Gasteiger partial charge in [0.2, 0.25) is 0 Å². The van der Waals surface area contributed by atoms with Crippen molar-refractivity contribution in [1.29, 1.82) is 0 Å². The molecule has 5 nitrogen and oxygen atoms in total. The van der Waals surface area contributed by atoms with Crippen LogP contribution in [0.4, 0.5) is 0 Å². The quantitative estimate of drug-likeness (QED) is 0.480. The largest absolute Gasteiger partial charge is 0.298 e. The molecule has 0 saturated heterocycles. The summed E-state index contributed by atoms with van der Waals surface area (Å²) in [7, 11) is 0. The number of hydrogen-bond donors (Lipinski definition) is 3. The van der Waals surface area contributed by atoms with Crippen LogP contribution < -0.4 is 16.2 Å². The van der Waals surface area contributed by atoms with Gasteiger partial charge in [-0.05, 0) is 53.9 Å². The molecule has 3 N–H and O–H groups in total. The van der Waals surface area contributed by atoms with E-state index in [0.29, 0.717) is 11.1 Å². The maximum absolute atomic E-state index is 12.4. The Kier molecular flexibility index (Phi) is 6.73. The van der Waals surface area contributed by atoms with Gasteiger partial charge < -0.3 is 0 Å². The Morgan fingerprint density at radius 1 is 1.00 bits per heavy atom. The van der Waals surface area contributed by atoms with E-state index in [9.17, 15) is 9.59 Å². The number of carbonyl (C=O) groups excluding carboxylic acids is 2. The smallest absolute Gasteiger partial charge is 0.269 e. The SMILES string of the molecule is Cc1ccccc1C(=O)NNC(=S)NC(=O)c1ccc(C(C)(C)C)c(Br)c1.